The predicted molar refractivity (Wildman–Crippen MR) is 93.7 cm³/mol. The standard InChI is InChI=1S/C16H25N3O3S/c1-4-19(15-9-10-23(21,22)12-15)16(20)11-17-13-5-7-14(8-6-13)18(2)3/h5-8,15,17H,4,9-12H2,1-3H3. The van der Waals surface area contributed by atoms with Crippen LogP contribution in [-0.4, -0.2) is 64.0 Å². The lowest BCUT2D eigenvalue weighted by Crippen LogP contribution is -2.43. The van der Waals surface area contributed by atoms with Gasteiger partial charge >= 0.3 is 0 Å². The summed E-state index contributed by atoms with van der Waals surface area (Å²) in [5, 5.41) is 3.11. The minimum Gasteiger partial charge on any atom is -0.378 e. The molecule has 0 aromatic heterocycles. The maximum absolute atomic E-state index is 12.4. The van der Waals surface area contributed by atoms with Gasteiger partial charge in [0.15, 0.2) is 9.84 Å². The largest absolute Gasteiger partial charge is 0.378 e. The van der Waals surface area contributed by atoms with Gasteiger partial charge in [-0.05, 0) is 37.6 Å². The van der Waals surface area contributed by atoms with E-state index in [-0.39, 0.29) is 30.0 Å². The summed E-state index contributed by atoms with van der Waals surface area (Å²) < 4.78 is 23.2. The number of nitrogens with zero attached hydrogens (tertiary/aromatic N) is 2. The van der Waals surface area contributed by atoms with E-state index >= 15 is 0 Å². The second-order valence-corrected chi connectivity index (χ2v) is 8.26. The molecule has 1 aromatic carbocycles. The van der Waals surface area contributed by atoms with Gasteiger partial charge < -0.3 is 15.1 Å². The maximum Gasteiger partial charge on any atom is 0.242 e. The number of rotatable bonds is 6. The number of hydrogen-bond donors (Lipinski definition) is 1. The van der Waals surface area contributed by atoms with Crippen molar-refractivity contribution in [1.29, 1.82) is 0 Å². The normalized spacial score (nSPS) is 19.3. The zero-order valence-corrected chi connectivity index (χ0v) is 14.8. The van der Waals surface area contributed by atoms with Gasteiger partial charge in [-0.1, -0.05) is 0 Å². The Morgan fingerprint density at radius 3 is 2.39 bits per heavy atom. The topological polar surface area (TPSA) is 69.7 Å². The molecule has 1 fully saturated rings. The summed E-state index contributed by atoms with van der Waals surface area (Å²) in [7, 11) is 0.963. The second kappa shape index (κ2) is 7.21. The molecule has 128 valence electrons. The average Bonchev–Trinajstić information content (AvgIpc) is 2.86. The molecule has 0 spiro atoms. The second-order valence-electron chi connectivity index (χ2n) is 6.03. The summed E-state index contributed by atoms with van der Waals surface area (Å²) in [6.07, 6.45) is 0.541. The monoisotopic (exact) mass is 339 g/mol. The van der Waals surface area contributed by atoms with Crippen LogP contribution in [0.2, 0.25) is 0 Å². The fraction of sp³-hybridized carbons (Fsp3) is 0.562. The molecule has 23 heavy (non-hydrogen) atoms. The Hall–Kier alpha value is -1.76. The van der Waals surface area contributed by atoms with E-state index in [1.165, 1.54) is 0 Å². The Kier molecular flexibility index (Phi) is 5.51. The van der Waals surface area contributed by atoms with Gasteiger partial charge in [-0.2, -0.15) is 0 Å². The van der Waals surface area contributed by atoms with Crippen molar-refractivity contribution >= 4 is 27.1 Å². The van der Waals surface area contributed by atoms with E-state index < -0.39 is 9.84 Å². The molecule has 0 saturated carbocycles. The molecule has 1 atom stereocenters. The first-order chi connectivity index (χ1) is 10.8. The van der Waals surface area contributed by atoms with Crippen molar-refractivity contribution in [3.63, 3.8) is 0 Å². The van der Waals surface area contributed by atoms with Crippen LogP contribution >= 0.6 is 0 Å². The first kappa shape index (κ1) is 17.6. The Bertz CT molecular complexity index is 641. The summed E-state index contributed by atoms with van der Waals surface area (Å²) in [6, 6.07) is 7.63. The number of sulfone groups is 1. The van der Waals surface area contributed by atoms with Crippen molar-refractivity contribution in [2.45, 2.75) is 19.4 Å². The summed E-state index contributed by atoms with van der Waals surface area (Å²) in [5.41, 5.74) is 1.97. The van der Waals surface area contributed by atoms with E-state index in [1.807, 2.05) is 50.2 Å². The minimum atomic E-state index is -2.98. The van der Waals surface area contributed by atoms with Crippen molar-refractivity contribution in [2.75, 3.05) is 48.9 Å². The Balaban J connectivity index is 1.92. The zero-order chi connectivity index (χ0) is 17.0. The molecule has 1 heterocycles. The quantitative estimate of drug-likeness (QED) is 0.843. The number of anilines is 2. The highest BCUT2D eigenvalue weighted by atomic mass is 32.2. The minimum absolute atomic E-state index is 0.0636. The lowest BCUT2D eigenvalue weighted by atomic mass is 10.2. The summed E-state index contributed by atoms with van der Waals surface area (Å²) in [6.45, 7) is 2.58. The van der Waals surface area contributed by atoms with E-state index in [1.54, 1.807) is 4.90 Å². The molecule has 1 unspecified atom stereocenters. The van der Waals surface area contributed by atoms with Crippen molar-refractivity contribution < 1.29 is 13.2 Å². The molecule has 7 heteroatoms. The van der Waals surface area contributed by atoms with Crippen LogP contribution in [0.25, 0.3) is 0 Å². The molecular formula is C16H25N3O3S. The van der Waals surface area contributed by atoms with Gasteiger partial charge in [0.1, 0.15) is 0 Å². The van der Waals surface area contributed by atoms with Crippen molar-refractivity contribution in [1.82, 2.24) is 4.90 Å². The molecule has 0 bridgehead atoms. The number of carbonyl (C=O) groups is 1. The van der Waals surface area contributed by atoms with Crippen LogP contribution in [0.4, 0.5) is 11.4 Å². The van der Waals surface area contributed by atoms with Crippen LogP contribution < -0.4 is 10.2 Å². The smallest absolute Gasteiger partial charge is 0.242 e. The van der Waals surface area contributed by atoms with E-state index in [0.717, 1.165) is 11.4 Å². The lowest BCUT2D eigenvalue weighted by Gasteiger charge is -2.27. The molecule has 0 radical (unpaired) electrons. The third kappa shape index (κ3) is 4.60. The van der Waals surface area contributed by atoms with Gasteiger partial charge in [0, 0.05) is 38.1 Å². The van der Waals surface area contributed by atoms with Gasteiger partial charge in [0.2, 0.25) is 5.91 Å². The molecule has 1 N–H and O–H groups in total. The number of likely N-dealkylation sites (N-methyl/N-ethyl adjacent to an activating group) is 1. The van der Waals surface area contributed by atoms with E-state index in [2.05, 4.69) is 5.32 Å². The van der Waals surface area contributed by atoms with Crippen LogP contribution in [0.15, 0.2) is 24.3 Å². The zero-order valence-electron chi connectivity index (χ0n) is 13.9. The van der Waals surface area contributed by atoms with E-state index in [4.69, 9.17) is 0 Å². The maximum atomic E-state index is 12.4. The molecule has 1 saturated heterocycles. The molecule has 1 amide bonds. The molecule has 2 rings (SSSR count). The van der Waals surface area contributed by atoms with Gasteiger partial charge in [-0.3, -0.25) is 4.79 Å². The fourth-order valence-corrected chi connectivity index (χ4v) is 4.55. The fourth-order valence-electron chi connectivity index (χ4n) is 2.82. The molecule has 1 aliphatic heterocycles. The highest BCUT2D eigenvalue weighted by molar-refractivity contribution is 7.91. The van der Waals surface area contributed by atoms with Gasteiger partial charge in [0.25, 0.3) is 0 Å². The van der Waals surface area contributed by atoms with Crippen molar-refractivity contribution in [2.24, 2.45) is 0 Å². The van der Waals surface area contributed by atoms with E-state index in [9.17, 15) is 13.2 Å². The molecule has 1 aromatic rings. The number of carbonyl (C=O) groups excluding carboxylic acids is 1. The van der Waals surface area contributed by atoms with Crippen molar-refractivity contribution in [3.8, 4) is 0 Å². The molecule has 0 aliphatic carbocycles. The lowest BCUT2D eigenvalue weighted by molar-refractivity contribution is -0.130. The summed E-state index contributed by atoms with van der Waals surface area (Å²) in [4.78, 5) is 16.1. The molecule has 1 aliphatic rings. The SMILES string of the molecule is CCN(C(=O)CNc1ccc(N(C)C)cc1)C1CCS(=O)(=O)C1. The summed E-state index contributed by atoms with van der Waals surface area (Å²) in [5.74, 6) is 0.205. The first-order valence-electron chi connectivity index (χ1n) is 7.83. The van der Waals surface area contributed by atoms with Crippen LogP contribution in [0, 0.1) is 0 Å². The van der Waals surface area contributed by atoms with Gasteiger partial charge in [-0.25, -0.2) is 8.42 Å². The Morgan fingerprint density at radius 2 is 1.91 bits per heavy atom. The van der Waals surface area contributed by atoms with Crippen LogP contribution in [0.1, 0.15) is 13.3 Å². The number of benzene rings is 1. The highest BCUT2D eigenvalue weighted by Gasteiger charge is 2.33. The van der Waals surface area contributed by atoms with E-state index in [0.29, 0.717) is 13.0 Å². The van der Waals surface area contributed by atoms with Crippen LogP contribution in [-0.2, 0) is 14.6 Å². The molecule has 6 nitrogen and oxygen atoms in total. The third-order valence-electron chi connectivity index (χ3n) is 4.14. The number of nitrogens with one attached hydrogen (secondary N) is 1. The number of amides is 1. The van der Waals surface area contributed by atoms with Crippen LogP contribution in [0.3, 0.4) is 0 Å². The van der Waals surface area contributed by atoms with Gasteiger partial charge in [-0.15, -0.1) is 0 Å². The predicted octanol–water partition coefficient (Wildman–Crippen LogP) is 1.20. The highest BCUT2D eigenvalue weighted by Crippen LogP contribution is 2.19. The average molecular weight is 339 g/mol. The van der Waals surface area contributed by atoms with Crippen LogP contribution in [0.5, 0.6) is 0 Å². The Morgan fingerprint density at radius 1 is 1.26 bits per heavy atom. The summed E-state index contributed by atoms with van der Waals surface area (Å²) >= 11 is 0. The third-order valence-corrected chi connectivity index (χ3v) is 5.89. The van der Waals surface area contributed by atoms with Crippen molar-refractivity contribution in [3.05, 3.63) is 24.3 Å². The number of hydrogen-bond acceptors (Lipinski definition) is 5. The van der Waals surface area contributed by atoms with Gasteiger partial charge in [0.05, 0.1) is 18.1 Å². The Labute approximate surface area is 138 Å². The first-order valence-corrected chi connectivity index (χ1v) is 9.65. The molecular weight excluding hydrogens is 314 g/mol.